The van der Waals surface area contributed by atoms with Crippen molar-refractivity contribution in [2.75, 3.05) is 0 Å². The number of halogens is 1. The monoisotopic (exact) mass is 226 g/mol. The molecule has 1 aromatic carbocycles. The van der Waals surface area contributed by atoms with E-state index in [1.54, 1.807) is 12.1 Å². The van der Waals surface area contributed by atoms with E-state index in [0.29, 0.717) is 15.6 Å². The molecule has 0 spiro atoms. The van der Waals surface area contributed by atoms with E-state index in [4.69, 9.17) is 0 Å². The van der Waals surface area contributed by atoms with Crippen LogP contribution in [0.25, 0.3) is 0 Å². The minimum atomic E-state index is -0.589. The van der Waals surface area contributed by atoms with Crippen molar-refractivity contribution in [3.63, 3.8) is 0 Å². The molecule has 0 amide bonds. The summed E-state index contributed by atoms with van der Waals surface area (Å²) < 4.78 is 5.13. The lowest BCUT2D eigenvalue weighted by molar-refractivity contribution is 0.0384. The molecule has 0 aliphatic carbocycles. The number of carbonyl (C=O) groups excluding carboxylic acids is 2. The van der Waals surface area contributed by atoms with Crippen LogP contribution in [-0.2, 0) is 4.74 Å². The van der Waals surface area contributed by atoms with Crippen LogP contribution in [0.4, 0.5) is 0 Å². The summed E-state index contributed by atoms with van der Waals surface area (Å²) in [7, 11) is 0. The molecule has 0 fully saturated rings. The largest absolute Gasteiger partial charge is 0.386 e. The molecule has 60 valence electrons. The Balaban J connectivity index is 2.69. The molecule has 0 N–H and O–H groups in total. The first-order valence-electron chi connectivity index (χ1n) is 3.24. The Morgan fingerprint density at radius 2 is 1.50 bits per heavy atom. The Hall–Kier alpha value is -1.16. The van der Waals surface area contributed by atoms with Gasteiger partial charge in [-0.25, -0.2) is 9.59 Å². The summed E-state index contributed by atoms with van der Waals surface area (Å²) in [4.78, 5) is 21.9. The molecular weight excluding hydrogens is 224 g/mol. The second-order valence-corrected chi connectivity index (χ2v) is 3.32. The number of cyclic esters (lactones) is 2. The summed E-state index contributed by atoms with van der Waals surface area (Å²) in [6.07, 6.45) is 0. The summed E-state index contributed by atoms with van der Waals surface area (Å²) in [6.45, 7) is 0. The molecule has 2 rings (SSSR count). The van der Waals surface area contributed by atoms with E-state index < -0.39 is 11.9 Å². The summed E-state index contributed by atoms with van der Waals surface area (Å²) in [6, 6.07) is 4.73. The van der Waals surface area contributed by atoms with Crippen LogP contribution in [0, 0.1) is 0 Å². The SMILES string of the molecule is O=C1OC(=O)c2cc(Br)cc1c2. The third-order valence-corrected chi connectivity index (χ3v) is 2.01. The van der Waals surface area contributed by atoms with Crippen LogP contribution in [0.2, 0.25) is 0 Å². The second kappa shape index (κ2) is 2.42. The van der Waals surface area contributed by atoms with Crippen LogP contribution < -0.4 is 0 Å². The molecule has 4 heteroatoms. The van der Waals surface area contributed by atoms with Crippen molar-refractivity contribution in [1.82, 2.24) is 0 Å². The Morgan fingerprint density at radius 1 is 1.00 bits per heavy atom. The molecular formula is C8H3BrO3. The van der Waals surface area contributed by atoms with Crippen LogP contribution in [-0.4, -0.2) is 11.9 Å². The third kappa shape index (κ3) is 1.04. The fraction of sp³-hybridized carbons (Fsp3) is 0. The molecule has 1 heterocycles. The second-order valence-electron chi connectivity index (χ2n) is 2.41. The molecule has 0 unspecified atom stereocenters. The zero-order chi connectivity index (χ0) is 8.72. The number of carbonyl (C=O) groups is 2. The van der Waals surface area contributed by atoms with E-state index in [0.717, 1.165) is 0 Å². The maximum Gasteiger partial charge on any atom is 0.346 e. The van der Waals surface area contributed by atoms with E-state index in [9.17, 15) is 9.59 Å². The fourth-order valence-electron chi connectivity index (χ4n) is 1.03. The van der Waals surface area contributed by atoms with Gasteiger partial charge in [0.05, 0.1) is 11.1 Å². The number of esters is 2. The average Bonchev–Trinajstić information content (AvgIpc) is 2.01. The van der Waals surface area contributed by atoms with Gasteiger partial charge in [0, 0.05) is 4.47 Å². The van der Waals surface area contributed by atoms with Crippen LogP contribution in [0.3, 0.4) is 0 Å². The maximum atomic E-state index is 11.0. The summed E-state index contributed by atoms with van der Waals surface area (Å²) in [5, 5.41) is 0. The van der Waals surface area contributed by atoms with E-state index in [1.807, 2.05) is 0 Å². The first-order valence-corrected chi connectivity index (χ1v) is 4.03. The number of ether oxygens (including phenoxy) is 1. The lowest BCUT2D eigenvalue weighted by Gasteiger charge is -2.10. The summed E-state index contributed by atoms with van der Waals surface area (Å²) in [5.41, 5.74) is 0.804. The molecule has 1 aliphatic heterocycles. The first kappa shape index (κ1) is 7.49. The number of hydrogen-bond acceptors (Lipinski definition) is 3. The first-order chi connectivity index (χ1) is 5.66. The Kier molecular flexibility index (Phi) is 1.51. The molecule has 0 saturated heterocycles. The number of fused-ring (bicyclic) bond motifs is 2. The highest BCUT2D eigenvalue weighted by atomic mass is 79.9. The highest BCUT2D eigenvalue weighted by Crippen LogP contribution is 2.21. The predicted molar refractivity (Wildman–Crippen MR) is 43.9 cm³/mol. The Labute approximate surface area is 76.5 Å². The Bertz CT molecular complexity index is 352. The highest BCUT2D eigenvalue weighted by molar-refractivity contribution is 9.10. The number of hydrogen-bond donors (Lipinski definition) is 0. The van der Waals surface area contributed by atoms with E-state index in [1.165, 1.54) is 6.07 Å². The molecule has 0 aromatic heterocycles. The van der Waals surface area contributed by atoms with Gasteiger partial charge < -0.3 is 4.74 Å². The van der Waals surface area contributed by atoms with Gasteiger partial charge in [-0.1, -0.05) is 15.9 Å². The van der Waals surface area contributed by atoms with Gasteiger partial charge in [0.25, 0.3) is 0 Å². The number of rotatable bonds is 0. The molecule has 0 radical (unpaired) electrons. The zero-order valence-corrected chi connectivity index (χ0v) is 7.42. The summed E-state index contributed by atoms with van der Waals surface area (Å²) >= 11 is 3.18. The van der Waals surface area contributed by atoms with E-state index in [-0.39, 0.29) is 0 Å². The molecule has 3 nitrogen and oxygen atoms in total. The molecule has 1 aliphatic rings. The quantitative estimate of drug-likeness (QED) is 0.501. The summed E-state index contributed by atoms with van der Waals surface area (Å²) in [5.74, 6) is -1.18. The van der Waals surface area contributed by atoms with Gasteiger partial charge in [0.2, 0.25) is 0 Å². The topological polar surface area (TPSA) is 43.4 Å². The van der Waals surface area contributed by atoms with Crippen LogP contribution >= 0.6 is 15.9 Å². The van der Waals surface area contributed by atoms with Crippen LogP contribution in [0.15, 0.2) is 22.7 Å². The van der Waals surface area contributed by atoms with Gasteiger partial charge in [-0.05, 0) is 18.2 Å². The molecule has 2 bridgehead atoms. The zero-order valence-electron chi connectivity index (χ0n) is 5.83. The molecule has 12 heavy (non-hydrogen) atoms. The van der Waals surface area contributed by atoms with Gasteiger partial charge in [-0.3, -0.25) is 0 Å². The normalized spacial score (nSPS) is 14.4. The lowest BCUT2D eigenvalue weighted by Crippen LogP contribution is -2.18. The van der Waals surface area contributed by atoms with E-state index in [2.05, 4.69) is 20.7 Å². The van der Waals surface area contributed by atoms with Gasteiger partial charge in [0.15, 0.2) is 0 Å². The van der Waals surface area contributed by atoms with Gasteiger partial charge in [0.1, 0.15) is 0 Å². The van der Waals surface area contributed by atoms with Crippen molar-refractivity contribution in [2.45, 2.75) is 0 Å². The number of benzene rings is 1. The third-order valence-electron chi connectivity index (χ3n) is 1.55. The minimum absolute atomic E-state index is 0.402. The van der Waals surface area contributed by atoms with Gasteiger partial charge >= 0.3 is 11.9 Å². The van der Waals surface area contributed by atoms with Crippen molar-refractivity contribution in [3.05, 3.63) is 33.8 Å². The van der Waals surface area contributed by atoms with Crippen molar-refractivity contribution >= 4 is 27.9 Å². The predicted octanol–water partition coefficient (Wildman–Crippen LogP) is 1.76. The van der Waals surface area contributed by atoms with Crippen LogP contribution in [0.1, 0.15) is 20.7 Å². The van der Waals surface area contributed by atoms with E-state index >= 15 is 0 Å². The lowest BCUT2D eigenvalue weighted by atomic mass is 10.1. The fourth-order valence-corrected chi connectivity index (χ4v) is 1.52. The molecule has 0 atom stereocenters. The molecule has 0 saturated carbocycles. The molecule has 1 aromatic rings. The highest BCUT2D eigenvalue weighted by Gasteiger charge is 2.22. The maximum absolute atomic E-state index is 11.0. The van der Waals surface area contributed by atoms with Crippen LogP contribution in [0.5, 0.6) is 0 Å². The van der Waals surface area contributed by atoms with Crippen molar-refractivity contribution < 1.29 is 14.3 Å². The van der Waals surface area contributed by atoms with Crippen molar-refractivity contribution in [2.24, 2.45) is 0 Å². The van der Waals surface area contributed by atoms with Crippen molar-refractivity contribution in [3.8, 4) is 0 Å². The smallest absolute Gasteiger partial charge is 0.346 e. The van der Waals surface area contributed by atoms with Crippen molar-refractivity contribution in [1.29, 1.82) is 0 Å². The average molecular weight is 227 g/mol. The Morgan fingerprint density at radius 3 is 2.00 bits per heavy atom. The standard InChI is InChI=1S/C8H3BrO3/c9-6-2-4-1-5(3-6)8(11)12-7(4)10/h1-3H. The minimum Gasteiger partial charge on any atom is -0.386 e. The van der Waals surface area contributed by atoms with Gasteiger partial charge in [-0.15, -0.1) is 0 Å². The van der Waals surface area contributed by atoms with Gasteiger partial charge in [-0.2, -0.15) is 0 Å².